The van der Waals surface area contributed by atoms with E-state index in [1.807, 2.05) is 46.8 Å². The second-order valence-electron chi connectivity index (χ2n) is 12.0. The van der Waals surface area contributed by atoms with Gasteiger partial charge in [0.25, 0.3) is 0 Å². The average molecular weight is 614 g/mol. The van der Waals surface area contributed by atoms with Crippen molar-refractivity contribution in [2.75, 3.05) is 23.8 Å². The van der Waals surface area contributed by atoms with Gasteiger partial charge in [-0.3, -0.25) is 14.4 Å². The fourth-order valence-electron chi connectivity index (χ4n) is 7.24. The molecule has 3 saturated heterocycles. The van der Waals surface area contributed by atoms with Crippen molar-refractivity contribution in [1.82, 2.24) is 4.90 Å². The molecule has 10 heteroatoms. The summed E-state index contributed by atoms with van der Waals surface area (Å²) in [5.74, 6) is -1.51. The van der Waals surface area contributed by atoms with Crippen molar-refractivity contribution < 1.29 is 24.2 Å². The minimum atomic E-state index is -0.869. The summed E-state index contributed by atoms with van der Waals surface area (Å²) in [6.45, 7) is 10.1. The average Bonchev–Trinajstić information content (AvgIpc) is 3.53. The Bertz CT molecular complexity index is 1350. The maximum absolute atomic E-state index is 14.5. The molecular weight excluding hydrogens is 574 g/mol. The number of aliphatic hydroxyl groups excluding tert-OH is 1. The second-order valence-corrected chi connectivity index (χ2v) is 14.3. The Morgan fingerprint density at radius 1 is 1.14 bits per heavy atom. The van der Waals surface area contributed by atoms with Crippen LogP contribution in [0.4, 0.5) is 11.4 Å². The molecule has 42 heavy (non-hydrogen) atoms. The molecule has 0 radical (unpaired) electrons. The van der Waals surface area contributed by atoms with E-state index in [1.54, 1.807) is 47.0 Å². The number of aryl methyl sites for hydroxylation is 1. The normalized spacial score (nSPS) is 29.3. The van der Waals surface area contributed by atoms with Crippen LogP contribution in [0.5, 0.6) is 5.75 Å². The van der Waals surface area contributed by atoms with Crippen molar-refractivity contribution in [1.29, 1.82) is 0 Å². The Labute approximate surface area is 256 Å². The van der Waals surface area contributed by atoms with Crippen molar-refractivity contribution in [2.24, 2.45) is 17.8 Å². The molecule has 0 aromatic heterocycles. The summed E-state index contributed by atoms with van der Waals surface area (Å²) < 4.78 is 4.19. The van der Waals surface area contributed by atoms with E-state index >= 15 is 0 Å². The molecule has 0 saturated carbocycles. The highest BCUT2D eigenvalue weighted by Gasteiger charge is 2.77. The van der Waals surface area contributed by atoms with Gasteiger partial charge in [0.05, 0.1) is 46.5 Å². The van der Waals surface area contributed by atoms with Crippen LogP contribution in [0.25, 0.3) is 0 Å². The van der Waals surface area contributed by atoms with Crippen molar-refractivity contribution in [3.05, 3.63) is 53.1 Å². The number of hydrogen-bond acceptors (Lipinski definition) is 6. The lowest BCUT2D eigenvalue weighted by Gasteiger charge is -2.39. The molecule has 2 aromatic rings. The summed E-state index contributed by atoms with van der Waals surface area (Å²) in [6, 6.07) is 11.2. The molecular formula is C32H40ClN3O5S. The molecule has 1 spiro atoms. The van der Waals surface area contributed by atoms with Gasteiger partial charge >= 0.3 is 0 Å². The number of carbonyl (C=O) groups is 3. The minimum Gasteiger partial charge on any atom is -0.494 e. The van der Waals surface area contributed by atoms with Gasteiger partial charge in [0.2, 0.25) is 17.7 Å². The van der Waals surface area contributed by atoms with Gasteiger partial charge in [0.15, 0.2) is 0 Å². The maximum atomic E-state index is 14.5. The number of amides is 3. The Kier molecular flexibility index (Phi) is 8.58. The third-order valence-corrected chi connectivity index (χ3v) is 11.8. The summed E-state index contributed by atoms with van der Waals surface area (Å²) in [6.07, 6.45) is 2.03. The first kappa shape index (κ1) is 30.7. The predicted octanol–water partition coefficient (Wildman–Crippen LogP) is 5.51. The number of fused-ring (bicyclic) bond motifs is 1. The van der Waals surface area contributed by atoms with Crippen LogP contribution in [-0.4, -0.2) is 62.5 Å². The van der Waals surface area contributed by atoms with Crippen LogP contribution in [-0.2, 0) is 14.4 Å². The maximum Gasteiger partial charge on any atom is 0.248 e. The molecule has 8 nitrogen and oxygen atoms in total. The van der Waals surface area contributed by atoms with Gasteiger partial charge in [0.1, 0.15) is 11.8 Å². The number of halogens is 1. The number of nitrogens with one attached hydrogen (secondary N) is 2. The molecule has 5 rings (SSSR count). The molecule has 0 aliphatic carbocycles. The van der Waals surface area contributed by atoms with Crippen molar-refractivity contribution in [3.63, 3.8) is 0 Å². The third-order valence-electron chi connectivity index (χ3n) is 9.49. The molecule has 3 fully saturated rings. The lowest BCUT2D eigenvalue weighted by Crippen LogP contribution is -2.56. The lowest BCUT2D eigenvalue weighted by atomic mass is 9.66. The van der Waals surface area contributed by atoms with Crippen molar-refractivity contribution in [3.8, 4) is 5.75 Å². The Morgan fingerprint density at radius 3 is 2.48 bits per heavy atom. The summed E-state index contributed by atoms with van der Waals surface area (Å²) in [7, 11) is 0. The minimum absolute atomic E-state index is 0.0551. The number of likely N-dealkylation sites (tertiary alicyclic amines) is 1. The molecule has 2 bridgehead atoms. The van der Waals surface area contributed by atoms with Crippen LogP contribution in [0.3, 0.4) is 0 Å². The highest BCUT2D eigenvalue weighted by atomic mass is 35.5. The van der Waals surface area contributed by atoms with E-state index in [2.05, 4.69) is 10.6 Å². The number of aliphatic hydroxyl groups is 1. The van der Waals surface area contributed by atoms with Crippen LogP contribution in [0.1, 0.15) is 52.5 Å². The van der Waals surface area contributed by atoms with Gasteiger partial charge < -0.3 is 25.4 Å². The van der Waals surface area contributed by atoms with E-state index < -0.39 is 33.4 Å². The molecule has 7 atom stereocenters. The van der Waals surface area contributed by atoms with Crippen LogP contribution in [0.15, 0.2) is 42.5 Å². The number of para-hydroxylation sites is 1. The first-order valence-corrected chi connectivity index (χ1v) is 15.9. The van der Waals surface area contributed by atoms with Gasteiger partial charge in [0, 0.05) is 10.4 Å². The fourth-order valence-corrected chi connectivity index (χ4v) is 9.85. The predicted molar refractivity (Wildman–Crippen MR) is 167 cm³/mol. The van der Waals surface area contributed by atoms with E-state index in [9.17, 15) is 19.5 Å². The summed E-state index contributed by atoms with van der Waals surface area (Å²) >= 11 is 8.09. The molecule has 226 valence electrons. The van der Waals surface area contributed by atoms with Gasteiger partial charge in [-0.05, 0) is 75.4 Å². The quantitative estimate of drug-likeness (QED) is 0.326. The highest BCUT2D eigenvalue weighted by molar-refractivity contribution is 8.02. The molecule has 3 amide bonds. The summed E-state index contributed by atoms with van der Waals surface area (Å²) in [4.78, 5) is 44.4. The molecule has 3 aliphatic heterocycles. The first-order chi connectivity index (χ1) is 20.0. The van der Waals surface area contributed by atoms with Crippen molar-refractivity contribution in [2.45, 2.75) is 75.5 Å². The van der Waals surface area contributed by atoms with Gasteiger partial charge in [-0.15, -0.1) is 11.8 Å². The van der Waals surface area contributed by atoms with Gasteiger partial charge in [-0.2, -0.15) is 0 Å². The topological polar surface area (TPSA) is 108 Å². The molecule has 3 aliphatic rings. The largest absolute Gasteiger partial charge is 0.494 e. The molecule has 3 heterocycles. The molecule has 2 aromatic carbocycles. The Balaban J connectivity index is 1.53. The van der Waals surface area contributed by atoms with Crippen molar-refractivity contribution >= 4 is 52.5 Å². The van der Waals surface area contributed by atoms with E-state index in [0.717, 1.165) is 12.0 Å². The zero-order chi connectivity index (χ0) is 30.4. The number of ether oxygens (including phenoxy) is 1. The van der Waals surface area contributed by atoms with Crippen LogP contribution in [0, 0.1) is 24.7 Å². The zero-order valence-corrected chi connectivity index (χ0v) is 26.3. The second kappa shape index (κ2) is 11.7. The van der Waals surface area contributed by atoms with E-state index in [4.69, 9.17) is 16.3 Å². The monoisotopic (exact) mass is 613 g/mol. The number of thioether (sulfide) groups is 1. The zero-order valence-electron chi connectivity index (χ0n) is 24.8. The number of benzene rings is 2. The fraction of sp³-hybridized carbons (Fsp3) is 0.531. The molecule has 2 unspecified atom stereocenters. The lowest BCUT2D eigenvalue weighted by molar-refractivity contribution is -0.142. The van der Waals surface area contributed by atoms with Crippen LogP contribution in [0.2, 0.25) is 5.02 Å². The molecule has 3 N–H and O–H groups in total. The van der Waals surface area contributed by atoms with E-state index in [0.29, 0.717) is 41.6 Å². The number of nitrogens with zero attached hydrogens (tertiary/aromatic N) is 1. The first-order valence-electron chi connectivity index (χ1n) is 14.7. The van der Waals surface area contributed by atoms with E-state index in [-0.39, 0.29) is 30.2 Å². The summed E-state index contributed by atoms with van der Waals surface area (Å²) in [5, 5.41) is 17.0. The number of anilines is 2. The standard InChI is InChI=1S/C32H40ClN3O5S/c1-6-18(3)23(17-37)36-27(29(39)35-26-19(4)9-8-10-22(26)33)32-16-15-31(5,42-32)24(25(32)30(36)40)28(38)34-20-11-13-21(14-12-20)41-7-2/h8-14,18,23-25,27,37H,6-7,15-17H2,1-5H3,(H,34,38)(H,35,39)/t18-,23-,24-,25-,27?,31+,32?/m0/s1. The van der Waals surface area contributed by atoms with Crippen LogP contribution < -0.4 is 15.4 Å². The van der Waals surface area contributed by atoms with Crippen LogP contribution >= 0.6 is 23.4 Å². The van der Waals surface area contributed by atoms with Gasteiger partial charge in [-0.1, -0.05) is 44.0 Å². The SMILES string of the molecule is CCOc1ccc(NC(=O)[C@@H]2[C@H]3C(=O)N([C@@H](CO)[C@@H](C)CC)C(C(=O)Nc4c(C)cccc4Cl)C34CC[C@@]2(C)S4)cc1. The number of hydrogen-bond donors (Lipinski definition) is 3. The smallest absolute Gasteiger partial charge is 0.248 e. The Morgan fingerprint density at radius 2 is 1.86 bits per heavy atom. The van der Waals surface area contributed by atoms with Gasteiger partial charge in [-0.25, -0.2) is 0 Å². The number of carbonyl (C=O) groups excluding carboxylic acids is 3. The third kappa shape index (κ3) is 4.97. The Hall–Kier alpha value is -2.75. The number of rotatable bonds is 10. The van der Waals surface area contributed by atoms with E-state index in [1.165, 1.54) is 0 Å². The summed E-state index contributed by atoms with van der Waals surface area (Å²) in [5.41, 5.74) is 1.94. The highest BCUT2D eigenvalue weighted by Crippen LogP contribution is 2.71.